The number of aromatic nitrogens is 1. The highest BCUT2D eigenvalue weighted by atomic mass is 32.2. The average Bonchev–Trinajstić information content (AvgIpc) is 3.02. The number of carbonyl (C=O) groups excluding carboxylic acids is 1. The summed E-state index contributed by atoms with van der Waals surface area (Å²) in [6.07, 6.45) is 1.97. The minimum Gasteiger partial charge on any atom is -0.377 e. The van der Waals surface area contributed by atoms with E-state index in [1.54, 1.807) is 16.2 Å². The van der Waals surface area contributed by atoms with Gasteiger partial charge in [0, 0.05) is 18.8 Å². The van der Waals surface area contributed by atoms with E-state index in [0.717, 1.165) is 27.9 Å². The normalized spacial score (nSPS) is 18.2. The van der Waals surface area contributed by atoms with Crippen LogP contribution < -0.4 is 10.0 Å². The molecule has 2 heterocycles. The first-order chi connectivity index (χ1) is 12.4. The lowest BCUT2D eigenvalue weighted by atomic mass is 10.2. The summed E-state index contributed by atoms with van der Waals surface area (Å²) in [7, 11) is -3.33. The van der Waals surface area contributed by atoms with Crippen LogP contribution in [0.5, 0.6) is 0 Å². The van der Waals surface area contributed by atoms with Gasteiger partial charge < -0.3 is 15.0 Å². The van der Waals surface area contributed by atoms with E-state index in [-0.39, 0.29) is 18.6 Å². The molecule has 1 saturated heterocycles. The van der Waals surface area contributed by atoms with Crippen molar-refractivity contribution in [2.45, 2.75) is 19.4 Å². The molecule has 0 saturated carbocycles. The molecule has 0 radical (unpaired) electrons. The van der Waals surface area contributed by atoms with Gasteiger partial charge in [-0.3, -0.25) is 0 Å². The number of benzene rings is 1. The van der Waals surface area contributed by atoms with Crippen molar-refractivity contribution >= 4 is 43.3 Å². The second-order valence-electron chi connectivity index (χ2n) is 6.12. The lowest BCUT2D eigenvalue weighted by molar-refractivity contribution is 0.0176. The van der Waals surface area contributed by atoms with Crippen molar-refractivity contribution < 1.29 is 17.9 Å². The highest BCUT2D eigenvalue weighted by molar-refractivity contribution is 7.88. The van der Waals surface area contributed by atoms with Crippen LogP contribution >= 0.6 is 11.3 Å². The molecular formula is C16H22N4O4S2. The lowest BCUT2D eigenvalue weighted by Crippen LogP contribution is -2.54. The number of fused-ring (bicyclic) bond motifs is 1. The molecule has 1 aliphatic heterocycles. The number of urea groups is 1. The van der Waals surface area contributed by atoms with Gasteiger partial charge in [-0.1, -0.05) is 6.92 Å². The van der Waals surface area contributed by atoms with Gasteiger partial charge in [0.1, 0.15) is 0 Å². The Morgan fingerprint density at radius 1 is 1.46 bits per heavy atom. The number of sulfonamides is 1. The zero-order valence-corrected chi connectivity index (χ0v) is 16.3. The SMILES string of the molecule is CCc1nc2ccc(NC(=O)N3CCOCC3CNS(C)(=O)=O)cc2s1. The number of anilines is 1. The summed E-state index contributed by atoms with van der Waals surface area (Å²) in [6.45, 7) is 3.31. The van der Waals surface area contributed by atoms with Gasteiger partial charge in [-0.15, -0.1) is 11.3 Å². The van der Waals surface area contributed by atoms with E-state index in [1.807, 2.05) is 18.2 Å². The van der Waals surface area contributed by atoms with Crippen LogP contribution in [0.25, 0.3) is 10.2 Å². The van der Waals surface area contributed by atoms with Gasteiger partial charge in [-0.2, -0.15) is 0 Å². The number of nitrogens with zero attached hydrogens (tertiary/aromatic N) is 2. The summed E-state index contributed by atoms with van der Waals surface area (Å²) in [5.74, 6) is 0. The molecule has 26 heavy (non-hydrogen) atoms. The smallest absolute Gasteiger partial charge is 0.322 e. The third-order valence-electron chi connectivity index (χ3n) is 4.06. The van der Waals surface area contributed by atoms with Crippen molar-refractivity contribution in [1.29, 1.82) is 0 Å². The topological polar surface area (TPSA) is 101 Å². The second kappa shape index (κ2) is 7.87. The van der Waals surface area contributed by atoms with Gasteiger partial charge in [0.15, 0.2) is 0 Å². The maximum absolute atomic E-state index is 12.7. The molecule has 10 heteroatoms. The molecule has 2 amide bonds. The molecule has 3 rings (SSSR count). The minimum atomic E-state index is -3.33. The highest BCUT2D eigenvalue weighted by Crippen LogP contribution is 2.26. The van der Waals surface area contributed by atoms with Crippen LogP contribution in [0.15, 0.2) is 18.2 Å². The number of rotatable bonds is 5. The predicted octanol–water partition coefficient (Wildman–Crippen LogP) is 1.64. The van der Waals surface area contributed by atoms with E-state index in [4.69, 9.17) is 4.74 Å². The molecule has 2 N–H and O–H groups in total. The Kier molecular flexibility index (Phi) is 5.76. The summed E-state index contributed by atoms with van der Waals surface area (Å²) in [4.78, 5) is 18.8. The Hall–Kier alpha value is -1.75. The van der Waals surface area contributed by atoms with Gasteiger partial charge in [0.25, 0.3) is 0 Å². The van der Waals surface area contributed by atoms with Crippen LogP contribution in [0, 0.1) is 0 Å². The zero-order valence-electron chi connectivity index (χ0n) is 14.7. The first-order valence-electron chi connectivity index (χ1n) is 8.35. The number of aryl methyl sites for hydroxylation is 1. The predicted molar refractivity (Wildman–Crippen MR) is 102 cm³/mol. The van der Waals surface area contributed by atoms with Crippen LogP contribution in [0.1, 0.15) is 11.9 Å². The van der Waals surface area contributed by atoms with Crippen LogP contribution in [-0.2, 0) is 21.2 Å². The van der Waals surface area contributed by atoms with Crippen molar-refractivity contribution in [1.82, 2.24) is 14.6 Å². The van der Waals surface area contributed by atoms with Crippen molar-refractivity contribution in [3.8, 4) is 0 Å². The Morgan fingerprint density at radius 3 is 3.00 bits per heavy atom. The van der Waals surface area contributed by atoms with Crippen molar-refractivity contribution in [2.75, 3.05) is 37.9 Å². The third-order valence-corrected chi connectivity index (χ3v) is 5.91. The number of ether oxygens (including phenoxy) is 1. The van der Waals surface area contributed by atoms with E-state index >= 15 is 0 Å². The number of nitrogens with one attached hydrogen (secondary N) is 2. The van der Waals surface area contributed by atoms with E-state index in [1.165, 1.54) is 0 Å². The first kappa shape index (κ1) is 19.0. The van der Waals surface area contributed by atoms with E-state index in [9.17, 15) is 13.2 Å². The fourth-order valence-electron chi connectivity index (χ4n) is 2.74. The van der Waals surface area contributed by atoms with E-state index in [2.05, 4.69) is 21.9 Å². The van der Waals surface area contributed by atoms with Crippen molar-refractivity contribution in [3.63, 3.8) is 0 Å². The molecule has 0 aliphatic carbocycles. The zero-order chi connectivity index (χ0) is 18.7. The van der Waals surface area contributed by atoms with Gasteiger partial charge in [0.2, 0.25) is 10.0 Å². The maximum Gasteiger partial charge on any atom is 0.322 e. The molecule has 1 fully saturated rings. The molecule has 1 aliphatic rings. The molecule has 142 valence electrons. The van der Waals surface area contributed by atoms with Gasteiger partial charge in [-0.05, 0) is 24.6 Å². The molecule has 1 aromatic heterocycles. The third kappa shape index (κ3) is 4.70. The molecule has 1 atom stereocenters. The van der Waals surface area contributed by atoms with Crippen LogP contribution in [0.2, 0.25) is 0 Å². The lowest BCUT2D eigenvalue weighted by Gasteiger charge is -2.35. The van der Waals surface area contributed by atoms with E-state index < -0.39 is 10.0 Å². The Balaban J connectivity index is 1.70. The van der Waals surface area contributed by atoms with Gasteiger partial charge in [-0.25, -0.2) is 22.9 Å². The Bertz CT molecular complexity index is 897. The fourth-order valence-corrected chi connectivity index (χ4v) is 4.18. The number of amides is 2. The van der Waals surface area contributed by atoms with Crippen LogP contribution in [0.4, 0.5) is 10.5 Å². The highest BCUT2D eigenvalue weighted by Gasteiger charge is 2.28. The second-order valence-corrected chi connectivity index (χ2v) is 9.06. The Labute approximate surface area is 156 Å². The average molecular weight is 399 g/mol. The van der Waals surface area contributed by atoms with E-state index in [0.29, 0.717) is 25.4 Å². The number of thiazole rings is 1. The quantitative estimate of drug-likeness (QED) is 0.797. The summed E-state index contributed by atoms with van der Waals surface area (Å²) in [5.41, 5.74) is 1.61. The number of carbonyl (C=O) groups is 1. The minimum absolute atomic E-state index is 0.125. The summed E-state index contributed by atoms with van der Waals surface area (Å²) >= 11 is 1.61. The summed E-state index contributed by atoms with van der Waals surface area (Å²) < 4.78 is 31.5. The molecule has 1 aromatic carbocycles. The number of morpholine rings is 1. The summed E-state index contributed by atoms with van der Waals surface area (Å²) in [5, 5.41) is 3.95. The number of hydrogen-bond donors (Lipinski definition) is 2. The van der Waals surface area contributed by atoms with Crippen molar-refractivity contribution in [2.24, 2.45) is 0 Å². The van der Waals surface area contributed by atoms with Crippen LogP contribution in [-0.4, -0.2) is 62.9 Å². The van der Waals surface area contributed by atoms with Crippen molar-refractivity contribution in [3.05, 3.63) is 23.2 Å². The maximum atomic E-state index is 12.7. The standard InChI is InChI=1S/C16H22N4O4S2/c1-3-15-19-13-5-4-11(8-14(13)25-15)18-16(21)20-6-7-24-10-12(20)9-17-26(2,22)23/h4-5,8,12,17H,3,6-7,9-10H2,1-2H3,(H,18,21). The fraction of sp³-hybridized carbons (Fsp3) is 0.500. The molecular weight excluding hydrogens is 376 g/mol. The van der Waals surface area contributed by atoms with Gasteiger partial charge >= 0.3 is 6.03 Å². The Morgan fingerprint density at radius 2 is 2.27 bits per heavy atom. The molecule has 2 aromatic rings. The van der Waals surface area contributed by atoms with Gasteiger partial charge in [0.05, 0.1) is 40.7 Å². The monoisotopic (exact) mass is 398 g/mol. The van der Waals surface area contributed by atoms with Crippen LogP contribution in [0.3, 0.4) is 0 Å². The molecule has 8 nitrogen and oxygen atoms in total. The largest absolute Gasteiger partial charge is 0.377 e. The first-order valence-corrected chi connectivity index (χ1v) is 11.1. The summed E-state index contributed by atoms with van der Waals surface area (Å²) in [6, 6.07) is 5.01. The number of hydrogen-bond acceptors (Lipinski definition) is 6. The molecule has 1 unspecified atom stereocenters. The molecule has 0 spiro atoms. The molecule has 0 bridgehead atoms.